The summed E-state index contributed by atoms with van der Waals surface area (Å²) in [5.41, 5.74) is 1.12. The van der Waals surface area contributed by atoms with Crippen molar-refractivity contribution in [1.29, 1.82) is 0 Å². The first kappa shape index (κ1) is 14.4. The maximum absolute atomic E-state index is 11.8. The van der Waals surface area contributed by atoms with Crippen molar-refractivity contribution in [1.82, 2.24) is 0 Å². The van der Waals surface area contributed by atoms with E-state index in [1.165, 1.54) is 32.1 Å². The molecule has 0 aromatic carbocycles. The molecule has 1 aliphatic rings. The van der Waals surface area contributed by atoms with E-state index < -0.39 is 0 Å². The van der Waals surface area contributed by atoms with Crippen molar-refractivity contribution in [2.45, 2.75) is 72.3 Å². The van der Waals surface area contributed by atoms with Crippen molar-refractivity contribution < 1.29 is 4.79 Å². The van der Waals surface area contributed by atoms with E-state index in [2.05, 4.69) is 13.8 Å². The van der Waals surface area contributed by atoms with Crippen LogP contribution in [-0.2, 0) is 4.79 Å². The van der Waals surface area contributed by atoms with Gasteiger partial charge < -0.3 is 0 Å². The van der Waals surface area contributed by atoms with Gasteiger partial charge in [0.25, 0.3) is 0 Å². The minimum Gasteiger partial charge on any atom is -0.299 e. The third-order valence-corrected chi connectivity index (χ3v) is 3.59. The van der Waals surface area contributed by atoms with E-state index in [4.69, 9.17) is 4.99 Å². The summed E-state index contributed by atoms with van der Waals surface area (Å²) in [6.07, 6.45) is 6.95. The predicted molar refractivity (Wildman–Crippen MR) is 73.6 cm³/mol. The molecule has 0 aliphatic heterocycles. The van der Waals surface area contributed by atoms with E-state index in [9.17, 15) is 4.79 Å². The van der Waals surface area contributed by atoms with E-state index in [0.717, 1.165) is 5.71 Å². The van der Waals surface area contributed by atoms with Gasteiger partial charge in [-0.15, -0.1) is 0 Å². The highest BCUT2D eigenvalue weighted by Crippen LogP contribution is 2.22. The first-order valence-corrected chi connectivity index (χ1v) is 7.10. The van der Waals surface area contributed by atoms with Crippen LogP contribution in [0.4, 0.5) is 0 Å². The summed E-state index contributed by atoms with van der Waals surface area (Å²) >= 11 is 0. The number of hydrogen-bond acceptors (Lipinski definition) is 2. The molecule has 1 saturated carbocycles. The van der Waals surface area contributed by atoms with Gasteiger partial charge in [-0.25, -0.2) is 0 Å². The summed E-state index contributed by atoms with van der Waals surface area (Å²) in [7, 11) is 0. The lowest BCUT2D eigenvalue weighted by atomic mass is 9.93. The van der Waals surface area contributed by atoms with Crippen LogP contribution in [0.25, 0.3) is 0 Å². The lowest BCUT2D eigenvalue weighted by Crippen LogP contribution is -2.21. The molecule has 0 spiro atoms. The molecule has 1 fully saturated rings. The SMILES string of the molecule is CC(C)C(=O)C/C(=N/C1CCCCC1)C(C)C. The number of rotatable bonds is 5. The number of carbonyl (C=O) groups excluding carboxylic acids is 1. The molecule has 0 amide bonds. The molecule has 0 N–H and O–H groups in total. The highest BCUT2D eigenvalue weighted by atomic mass is 16.1. The van der Waals surface area contributed by atoms with Crippen LogP contribution in [0.15, 0.2) is 4.99 Å². The molecule has 0 atom stereocenters. The Hall–Kier alpha value is -0.660. The molecule has 0 aromatic rings. The molecular formula is C15H27NO. The topological polar surface area (TPSA) is 29.4 Å². The van der Waals surface area contributed by atoms with E-state index >= 15 is 0 Å². The van der Waals surface area contributed by atoms with Crippen LogP contribution in [0.2, 0.25) is 0 Å². The second-order valence-electron chi connectivity index (χ2n) is 5.86. The monoisotopic (exact) mass is 237 g/mol. The van der Waals surface area contributed by atoms with Crippen LogP contribution in [0.3, 0.4) is 0 Å². The van der Waals surface area contributed by atoms with Crippen LogP contribution in [0.5, 0.6) is 0 Å². The number of ketones is 1. The van der Waals surface area contributed by atoms with Crippen LogP contribution in [0, 0.1) is 11.8 Å². The zero-order valence-corrected chi connectivity index (χ0v) is 11.8. The Balaban J connectivity index is 2.63. The van der Waals surface area contributed by atoms with Crippen molar-refractivity contribution in [3.8, 4) is 0 Å². The Kier molecular flexibility index (Phi) is 5.87. The standard InChI is InChI=1S/C15H27NO/c1-11(2)14(10-15(17)12(3)4)16-13-8-6-5-7-9-13/h11-13H,5-10H2,1-4H3/b16-14-. The van der Waals surface area contributed by atoms with Gasteiger partial charge in [0.1, 0.15) is 5.78 Å². The van der Waals surface area contributed by atoms with Gasteiger partial charge in [-0.3, -0.25) is 9.79 Å². The molecule has 1 rings (SSSR count). The molecule has 0 heterocycles. The second-order valence-corrected chi connectivity index (χ2v) is 5.86. The summed E-state index contributed by atoms with van der Waals surface area (Å²) in [6, 6.07) is 0.487. The fraction of sp³-hybridized carbons (Fsp3) is 0.867. The zero-order valence-electron chi connectivity index (χ0n) is 11.8. The Morgan fingerprint density at radius 3 is 2.12 bits per heavy atom. The summed E-state index contributed by atoms with van der Waals surface area (Å²) in [6.45, 7) is 8.24. The zero-order chi connectivity index (χ0) is 12.8. The summed E-state index contributed by atoms with van der Waals surface area (Å²) < 4.78 is 0. The van der Waals surface area contributed by atoms with Crippen LogP contribution >= 0.6 is 0 Å². The van der Waals surface area contributed by atoms with Crippen molar-refractivity contribution in [3.63, 3.8) is 0 Å². The molecule has 2 heteroatoms. The van der Waals surface area contributed by atoms with Gasteiger partial charge in [-0.05, 0) is 18.8 Å². The lowest BCUT2D eigenvalue weighted by molar-refractivity contribution is -0.120. The Bertz CT molecular complexity index is 273. The number of hydrogen-bond donors (Lipinski definition) is 0. The van der Waals surface area contributed by atoms with Crippen molar-refractivity contribution in [3.05, 3.63) is 0 Å². The molecular weight excluding hydrogens is 210 g/mol. The maximum Gasteiger partial charge on any atom is 0.141 e. The van der Waals surface area contributed by atoms with Crippen molar-refractivity contribution in [2.24, 2.45) is 16.8 Å². The lowest BCUT2D eigenvalue weighted by Gasteiger charge is -2.21. The number of carbonyl (C=O) groups is 1. The van der Waals surface area contributed by atoms with Gasteiger partial charge >= 0.3 is 0 Å². The summed E-state index contributed by atoms with van der Waals surface area (Å²) in [5.74, 6) is 0.859. The molecule has 0 unspecified atom stereocenters. The van der Waals surface area contributed by atoms with Gasteiger partial charge in [0.05, 0.1) is 0 Å². The smallest absolute Gasteiger partial charge is 0.141 e. The molecule has 0 aromatic heterocycles. The Morgan fingerprint density at radius 2 is 1.65 bits per heavy atom. The normalized spacial score (nSPS) is 19.1. The van der Waals surface area contributed by atoms with Gasteiger partial charge in [-0.2, -0.15) is 0 Å². The fourth-order valence-corrected chi connectivity index (χ4v) is 2.23. The van der Waals surface area contributed by atoms with Gasteiger partial charge in [0, 0.05) is 24.1 Å². The highest BCUT2D eigenvalue weighted by Gasteiger charge is 2.17. The van der Waals surface area contributed by atoms with Gasteiger partial charge in [0.15, 0.2) is 0 Å². The van der Waals surface area contributed by atoms with Crippen LogP contribution in [0.1, 0.15) is 66.2 Å². The van der Waals surface area contributed by atoms with Crippen LogP contribution < -0.4 is 0 Å². The third kappa shape index (κ3) is 5.01. The maximum atomic E-state index is 11.8. The minimum absolute atomic E-state index is 0.130. The van der Waals surface area contributed by atoms with E-state index in [0.29, 0.717) is 24.2 Å². The predicted octanol–water partition coefficient (Wildman–Crippen LogP) is 4.03. The van der Waals surface area contributed by atoms with Gasteiger partial charge in [-0.1, -0.05) is 47.0 Å². The van der Waals surface area contributed by atoms with E-state index in [1.54, 1.807) is 0 Å². The van der Waals surface area contributed by atoms with E-state index in [-0.39, 0.29) is 5.92 Å². The molecule has 98 valence electrons. The summed E-state index contributed by atoms with van der Waals surface area (Å²) in [5, 5.41) is 0. The highest BCUT2D eigenvalue weighted by molar-refractivity contribution is 6.03. The minimum atomic E-state index is 0.130. The second kappa shape index (κ2) is 6.93. The average Bonchev–Trinajstić information content (AvgIpc) is 2.29. The number of nitrogens with zero attached hydrogens (tertiary/aromatic N) is 1. The molecule has 2 nitrogen and oxygen atoms in total. The van der Waals surface area contributed by atoms with E-state index in [1.807, 2.05) is 13.8 Å². The quantitative estimate of drug-likeness (QED) is 0.664. The molecule has 0 saturated heterocycles. The molecule has 0 radical (unpaired) electrons. The third-order valence-electron chi connectivity index (χ3n) is 3.59. The van der Waals surface area contributed by atoms with Crippen molar-refractivity contribution >= 4 is 11.5 Å². The largest absolute Gasteiger partial charge is 0.299 e. The fourth-order valence-electron chi connectivity index (χ4n) is 2.23. The Morgan fingerprint density at radius 1 is 1.06 bits per heavy atom. The van der Waals surface area contributed by atoms with Crippen molar-refractivity contribution in [2.75, 3.05) is 0 Å². The first-order chi connectivity index (χ1) is 8.00. The van der Waals surface area contributed by atoms with Crippen LogP contribution in [-0.4, -0.2) is 17.5 Å². The van der Waals surface area contributed by atoms with Gasteiger partial charge in [0.2, 0.25) is 0 Å². The first-order valence-electron chi connectivity index (χ1n) is 7.10. The molecule has 0 bridgehead atoms. The summed E-state index contributed by atoms with van der Waals surface area (Å²) in [4.78, 5) is 16.7. The average molecular weight is 237 g/mol. The molecule has 1 aliphatic carbocycles. The Labute approximate surface area is 106 Å². The molecule has 17 heavy (non-hydrogen) atoms. The number of Topliss-reactive ketones (excluding diaryl/α,β-unsaturated/α-hetero) is 1. The number of aliphatic imine (C=N–C) groups is 1.